The van der Waals surface area contributed by atoms with Gasteiger partial charge in [0.2, 0.25) is 5.76 Å². The van der Waals surface area contributed by atoms with Crippen molar-refractivity contribution in [1.29, 1.82) is 0 Å². The maximum absolute atomic E-state index is 13.4. The lowest BCUT2D eigenvalue weighted by atomic mass is 10.0. The maximum atomic E-state index is 13.4. The van der Waals surface area contributed by atoms with Crippen LogP contribution in [0.3, 0.4) is 0 Å². The van der Waals surface area contributed by atoms with E-state index in [1.165, 1.54) is 25.5 Å². The Morgan fingerprint density at radius 2 is 1.82 bits per heavy atom. The summed E-state index contributed by atoms with van der Waals surface area (Å²) >= 11 is 0. The molecule has 0 unspecified atom stereocenters. The van der Waals surface area contributed by atoms with Crippen molar-refractivity contribution in [3.63, 3.8) is 0 Å². The Kier molecular flexibility index (Phi) is 5.71. The van der Waals surface area contributed by atoms with E-state index in [0.717, 1.165) is 10.7 Å². The monoisotopic (exact) mass is 484 g/mol. The summed E-state index contributed by atoms with van der Waals surface area (Å²) in [6, 6.07) is 5.97. The second-order valence-corrected chi connectivity index (χ2v) is 7.18. The van der Waals surface area contributed by atoms with Crippen LogP contribution in [0.15, 0.2) is 57.8 Å². The highest BCUT2D eigenvalue weighted by Gasteiger charge is 2.38. The van der Waals surface area contributed by atoms with Gasteiger partial charge in [0.1, 0.15) is 0 Å². The number of halogens is 6. The highest BCUT2D eigenvalue weighted by atomic mass is 19.4. The summed E-state index contributed by atoms with van der Waals surface area (Å²) in [6.45, 7) is 1.01. The lowest BCUT2D eigenvalue weighted by Crippen LogP contribution is -2.16. The third-order valence-electron chi connectivity index (χ3n) is 4.92. The maximum Gasteiger partial charge on any atom is 0.416 e. The van der Waals surface area contributed by atoms with Gasteiger partial charge in [0, 0.05) is 6.07 Å². The van der Waals surface area contributed by atoms with Crippen molar-refractivity contribution in [1.82, 2.24) is 14.9 Å². The van der Waals surface area contributed by atoms with E-state index in [0.29, 0.717) is 11.8 Å². The van der Waals surface area contributed by atoms with Gasteiger partial charge in [-0.3, -0.25) is 9.48 Å². The Balaban J connectivity index is 1.55. The Morgan fingerprint density at radius 1 is 1.06 bits per heavy atom. The molecule has 0 atom stereocenters. The molecule has 34 heavy (non-hydrogen) atoms. The van der Waals surface area contributed by atoms with Crippen molar-refractivity contribution in [3.05, 3.63) is 76.9 Å². The highest BCUT2D eigenvalue weighted by molar-refractivity contribution is 6.03. The molecule has 0 aliphatic rings. The zero-order valence-electron chi connectivity index (χ0n) is 17.2. The fraction of sp³-hybridized carbons (Fsp3) is 0.190. The van der Waals surface area contributed by atoms with Crippen molar-refractivity contribution in [3.8, 4) is 11.5 Å². The molecule has 3 heterocycles. The summed E-state index contributed by atoms with van der Waals surface area (Å²) in [5.74, 6) is -0.105. The van der Waals surface area contributed by atoms with Gasteiger partial charge in [0.15, 0.2) is 11.5 Å². The molecule has 0 spiro atoms. The zero-order chi connectivity index (χ0) is 24.7. The number of hydrogen-bond donors (Lipinski definition) is 1. The third-order valence-corrected chi connectivity index (χ3v) is 4.92. The van der Waals surface area contributed by atoms with Crippen molar-refractivity contribution in [2.75, 3.05) is 5.32 Å². The third kappa shape index (κ3) is 4.67. The highest BCUT2D eigenvalue weighted by Crippen LogP contribution is 2.37. The van der Waals surface area contributed by atoms with E-state index in [1.54, 1.807) is 12.1 Å². The van der Waals surface area contributed by atoms with E-state index in [2.05, 4.69) is 15.6 Å². The van der Waals surface area contributed by atoms with Crippen LogP contribution in [-0.4, -0.2) is 20.8 Å². The number of benzene rings is 1. The molecule has 1 amide bonds. The molecule has 0 saturated heterocycles. The number of rotatable bonds is 5. The van der Waals surface area contributed by atoms with E-state index in [1.807, 2.05) is 0 Å². The van der Waals surface area contributed by atoms with Crippen LogP contribution >= 0.6 is 0 Å². The molecule has 0 bridgehead atoms. The van der Waals surface area contributed by atoms with Gasteiger partial charge in [-0.05, 0) is 36.8 Å². The molecule has 4 aromatic rings. The second-order valence-electron chi connectivity index (χ2n) is 7.18. The first-order valence-electron chi connectivity index (χ1n) is 9.55. The van der Waals surface area contributed by atoms with Crippen molar-refractivity contribution in [2.24, 2.45) is 0 Å². The quantitative estimate of drug-likeness (QED) is 0.363. The molecule has 4 rings (SSSR count). The molecule has 0 radical (unpaired) electrons. The summed E-state index contributed by atoms with van der Waals surface area (Å²) in [6.07, 6.45) is -7.31. The number of nitrogens with one attached hydrogen (secondary N) is 1. The first-order valence-corrected chi connectivity index (χ1v) is 9.55. The number of amides is 1. The Bertz CT molecular complexity index is 1320. The van der Waals surface area contributed by atoms with Crippen LogP contribution in [-0.2, 0) is 18.9 Å². The minimum absolute atomic E-state index is 0.0675. The standard InChI is InChI=1S/C21H14F6N4O3/c1-11-16(29-19(32)15-8-18(34-30-15)17-3-2-6-33-17)9-28-31(11)10-12-4-5-13(20(22,23)24)7-14(12)21(25,26)27/h2-9H,10H2,1H3,(H,29,32). The smallest absolute Gasteiger partial charge is 0.416 e. The fourth-order valence-corrected chi connectivity index (χ4v) is 3.15. The molecule has 7 nitrogen and oxygen atoms in total. The lowest BCUT2D eigenvalue weighted by Gasteiger charge is -2.16. The largest absolute Gasteiger partial charge is 0.461 e. The van der Waals surface area contributed by atoms with E-state index in [9.17, 15) is 31.1 Å². The van der Waals surface area contributed by atoms with E-state index >= 15 is 0 Å². The van der Waals surface area contributed by atoms with Crippen LogP contribution in [0.2, 0.25) is 0 Å². The Morgan fingerprint density at radius 3 is 2.47 bits per heavy atom. The Hall–Kier alpha value is -4.03. The van der Waals surface area contributed by atoms with Crippen molar-refractivity contribution in [2.45, 2.75) is 25.8 Å². The van der Waals surface area contributed by atoms with Crippen LogP contribution in [0.4, 0.5) is 32.0 Å². The molecule has 0 fully saturated rings. The number of nitrogens with zero attached hydrogens (tertiary/aromatic N) is 3. The molecule has 3 aromatic heterocycles. The van der Waals surface area contributed by atoms with E-state index in [-0.39, 0.29) is 28.9 Å². The number of furan rings is 1. The average Bonchev–Trinajstić information content (AvgIpc) is 3.50. The van der Waals surface area contributed by atoms with Crippen LogP contribution in [0.25, 0.3) is 11.5 Å². The van der Waals surface area contributed by atoms with Gasteiger partial charge in [-0.25, -0.2) is 0 Å². The summed E-state index contributed by atoms with van der Waals surface area (Å²) < 4.78 is 90.2. The molecule has 1 aromatic carbocycles. The first kappa shape index (κ1) is 23.1. The minimum atomic E-state index is -5.01. The minimum Gasteiger partial charge on any atom is -0.461 e. The summed E-state index contributed by atoms with van der Waals surface area (Å²) in [5, 5.41) is 10.1. The van der Waals surface area contributed by atoms with Crippen LogP contribution in [0.5, 0.6) is 0 Å². The number of aromatic nitrogens is 3. The summed E-state index contributed by atoms with van der Waals surface area (Å²) in [4.78, 5) is 12.5. The van der Waals surface area contributed by atoms with Gasteiger partial charge < -0.3 is 14.3 Å². The molecule has 178 valence electrons. The molecular formula is C21H14F6N4O3. The van der Waals surface area contributed by atoms with Crippen LogP contribution < -0.4 is 5.32 Å². The van der Waals surface area contributed by atoms with Gasteiger partial charge in [0.05, 0.1) is 41.5 Å². The molecule has 1 N–H and O–H groups in total. The van der Waals surface area contributed by atoms with Gasteiger partial charge in [-0.1, -0.05) is 11.2 Å². The van der Waals surface area contributed by atoms with E-state index < -0.39 is 41.5 Å². The molecule has 0 saturated carbocycles. The van der Waals surface area contributed by atoms with Crippen LogP contribution in [0, 0.1) is 6.92 Å². The SMILES string of the molecule is Cc1c(NC(=O)c2cc(-c3ccco3)on2)cnn1Cc1ccc(C(F)(F)F)cc1C(F)(F)F. The van der Waals surface area contributed by atoms with Crippen molar-refractivity contribution < 1.29 is 40.1 Å². The topological polar surface area (TPSA) is 86.1 Å². The van der Waals surface area contributed by atoms with Gasteiger partial charge in [-0.2, -0.15) is 31.4 Å². The number of carbonyl (C=O) groups excluding carboxylic acids is 1. The molecule has 0 aliphatic heterocycles. The normalized spacial score (nSPS) is 12.2. The fourth-order valence-electron chi connectivity index (χ4n) is 3.15. The number of anilines is 1. The molecular weight excluding hydrogens is 470 g/mol. The van der Waals surface area contributed by atoms with Gasteiger partial charge in [0.25, 0.3) is 5.91 Å². The number of carbonyl (C=O) groups is 1. The van der Waals surface area contributed by atoms with Crippen LogP contribution in [0.1, 0.15) is 32.9 Å². The second kappa shape index (κ2) is 8.39. The number of hydrogen-bond acceptors (Lipinski definition) is 5. The van der Waals surface area contributed by atoms with E-state index in [4.69, 9.17) is 8.94 Å². The number of alkyl halides is 6. The van der Waals surface area contributed by atoms with Gasteiger partial charge >= 0.3 is 12.4 Å². The Labute approximate surface area is 186 Å². The lowest BCUT2D eigenvalue weighted by molar-refractivity contribution is -0.143. The van der Waals surface area contributed by atoms with Gasteiger partial charge in [-0.15, -0.1) is 0 Å². The summed E-state index contributed by atoms with van der Waals surface area (Å²) in [5.41, 5.74) is -2.87. The summed E-state index contributed by atoms with van der Waals surface area (Å²) in [7, 11) is 0. The predicted molar refractivity (Wildman–Crippen MR) is 105 cm³/mol. The molecule has 0 aliphatic carbocycles. The first-order chi connectivity index (χ1) is 15.9. The molecule has 13 heteroatoms. The average molecular weight is 484 g/mol. The predicted octanol–water partition coefficient (Wildman–Crippen LogP) is 5.78. The van der Waals surface area contributed by atoms with Crippen molar-refractivity contribution >= 4 is 11.6 Å². The zero-order valence-corrected chi connectivity index (χ0v) is 17.2.